The maximum absolute atomic E-state index is 12.2. The highest BCUT2D eigenvalue weighted by atomic mass is 35.5. The topological polar surface area (TPSA) is 93.7 Å². The Morgan fingerprint density at radius 3 is 2.19 bits per heavy atom. The van der Waals surface area contributed by atoms with Gasteiger partial charge in [0.2, 0.25) is 5.91 Å². The molecule has 0 spiro atoms. The molecule has 0 heterocycles. The maximum atomic E-state index is 12.2. The number of benzene rings is 4. The summed E-state index contributed by atoms with van der Waals surface area (Å²) < 4.78 is 10.9. The maximum Gasteiger partial charge on any atom is 0.306 e. The summed E-state index contributed by atoms with van der Waals surface area (Å²) in [5, 5.41) is 8.10. The van der Waals surface area contributed by atoms with Gasteiger partial charge < -0.3 is 20.1 Å². The molecule has 4 aromatic carbocycles. The van der Waals surface area contributed by atoms with Crippen LogP contribution in [0.3, 0.4) is 0 Å². The van der Waals surface area contributed by atoms with Crippen LogP contribution in [0.1, 0.15) is 19.3 Å². The number of carbonyl (C=O) groups excluding carboxylic acids is 3. The second kappa shape index (κ2) is 12.6. The lowest BCUT2D eigenvalue weighted by Gasteiger charge is -2.09. The van der Waals surface area contributed by atoms with E-state index in [9.17, 15) is 14.4 Å². The lowest BCUT2D eigenvalue weighted by atomic mass is 10.1. The fraction of sp³-hybridized carbons (Fsp3) is 0.138. The molecule has 4 rings (SSSR count). The molecule has 0 radical (unpaired) electrons. The molecule has 0 bridgehead atoms. The number of fused-ring (bicyclic) bond motifs is 1. The van der Waals surface area contributed by atoms with Crippen LogP contribution < -0.4 is 15.4 Å². The van der Waals surface area contributed by atoms with Crippen LogP contribution in [-0.4, -0.2) is 24.4 Å². The predicted molar refractivity (Wildman–Crippen MR) is 144 cm³/mol. The number of hydrogen-bond donors (Lipinski definition) is 2. The predicted octanol–water partition coefficient (Wildman–Crippen LogP) is 6.58. The molecule has 0 fully saturated rings. The number of esters is 1. The van der Waals surface area contributed by atoms with Crippen molar-refractivity contribution in [2.45, 2.75) is 19.3 Å². The highest BCUT2D eigenvalue weighted by Gasteiger charge is 2.10. The molecular weight excluding hydrogens is 492 g/mol. The smallest absolute Gasteiger partial charge is 0.306 e. The van der Waals surface area contributed by atoms with Crippen molar-refractivity contribution in [2.24, 2.45) is 0 Å². The molecule has 0 unspecified atom stereocenters. The molecule has 0 saturated heterocycles. The van der Waals surface area contributed by atoms with Crippen LogP contribution in [0.2, 0.25) is 5.02 Å². The number of carbonyl (C=O) groups is 3. The number of rotatable bonds is 10. The van der Waals surface area contributed by atoms with Gasteiger partial charge in [-0.15, -0.1) is 0 Å². The number of ether oxygens (including phenoxy) is 2. The van der Waals surface area contributed by atoms with Gasteiger partial charge >= 0.3 is 5.97 Å². The molecule has 7 nitrogen and oxygen atoms in total. The van der Waals surface area contributed by atoms with Crippen LogP contribution in [0.25, 0.3) is 10.8 Å². The van der Waals surface area contributed by atoms with Crippen molar-refractivity contribution >= 4 is 51.5 Å². The van der Waals surface area contributed by atoms with E-state index in [1.54, 1.807) is 48.5 Å². The molecule has 0 saturated carbocycles. The van der Waals surface area contributed by atoms with Crippen molar-refractivity contribution in [3.05, 3.63) is 96.0 Å². The lowest BCUT2D eigenvalue weighted by molar-refractivity contribution is -0.147. The summed E-state index contributed by atoms with van der Waals surface area (Å²) in [7, 11) is 0. The third-order valence-corrected chi connectivity index (χ3v) is 5.59. The Morgan fingerprint density at radius 2 is 1.41 bits per heavy atom. The van der Waals surface area contributed by atoms with Gasteiger partial charge in [0.25, 0.3) is 5.91 Å². The molecule has 8 heteroatoms. The standard InChI is InChI=1S/C29H25ClN2O5/c30-22-7-3-8-24(18-22)32-28(34)19-36-29(35)10-4-9-27(33)31-23-12-15-25(16-13-23)37-26-14-11-20-5-1-2-6-21(20)17-26/h1-3,5-8,11-18H,4,9-10,19H2,(H,31,33)(H,32,34). The van der Waals surface area contributed by atoms with Gasteiger partial charge in [0.15, 0.2) is 6.61 Å². The van der Waals surface area contributed by atoms with Gasteiger partial charge in [-0.2, -0.15) is 0 Å². The van der Waals surface area contributed by atoms with Crippen molar-refractivity contribution < 1.29 is 23.9 Å². The van der Waals surface area contributed by atoms with E-state index in [0.717, 1.165) is 16.5 Å². The van der Waals surface area contributed by atoms with E-state index in [0.29, 0.717) is 28.6 Å². The molecule has 0 aromatic heterocycles. The van der Waals surface area contributed by atoms with Crippen molar-refractivity contribution in [1.29, 1.82) is 0 Å². The lowest BCUT2D eigenvalue weighted by Crippen LogP contribution is -2.21. The molecule has 0 aliphatic carbocycles. The number of nitrogens with one attached hydrogen (secondary N) is 2. The van der Waals surface area contributed by atoms with Crippen LogP contribution in [0.15, 0.2) is 91.0 Å². The third kappa shape index (κ3) is 8.08. The summed E-state index contributed by atoms with van der Waals surface area (Å²) in [5.74, 6) is 0.125. The number of halogens is 1. The average molecular weight is 517 g/mol. The van der Waals surface area contributed by atoms with Gasteiger partial charge in [-0.3, -0.25) is 14.4 Å². The van der Waals surface area contributed by atoms with E-state index in [2.05, 4.69) is 10.6 Å². The highest BCUT2D eigenvalue weighted by Crippen LogP contribution is 2.26. The Balaban J connectivity index is 1.15. The van der Waals surface area contributed by atoms with Gasteiger partial charge in [0.05, 0.1) is 0 Å². The molecule has 37 heavy (non-hydrogen) atoms. The molecular formula is C29H25ClN2O5. The van der Waals surface area contributed by atoms with Gasteiger partial charge in [0.1, 0.15) is 11.5 Å². The summed E-state index contributed by atoms with van der Waals surface area (Å²) in [6.45, 7) is -0.412. The second-order valence-corrected chi connectivity index (χ2v) is 8.69. The molecule has 0 aliphatic rings. The van der Waals surface area contributed by atoms with Crippen LogP contribution in [0.4, 0.5) is 11.4 Å². The van der Waals surface area contributed by atoms with Crippen LogP contribution in [0, 0.1) is 0 Å². The van der Waals surface area contributed by atoms with Crippen molar-refractivity contribution in [2.75, 3.05) is 17.2 Å². The third-order valence-electron chi connectivity index (χ3n) is 5.35. The van der Waals surface area contributed by atoms with Gasteiger partial charge in [-0.1, -0.05) is 48.0 Å². The summed E-state index contributed by atoms with van der Waals surface area (Å²) >= 11 is 5.87. The van der Waals surface area contributed by atoms with Crippen LogP contribution >= 0.6 is 11.6 Å². The minimum absolute atomic E-state index is 0.0242. The SMILES string of the molecule is O=C(CCCC(=O)OCC(=O)Nc1cccc(Cl)c1)Nc1ccc(Oc2ccc3ccccc3c2)cc1. The molecule has 0 aliphatic heterocycles. The molecule has 2 amide bonds. The molecule has 2 N–H and O–H groups in total. The van der Waals surface area contributed by atoms with Crippen LogP contribution in [0.5, 0.6) is 11.5 Å². The van der Waals surface area contributed by atoms with Crippen LogP contribution in [-0.2, 0) is 19.1 Å². The van der Waals surface area contributed by atoms with Gasteiger partial charge in [-0.05, 0) is 71.8 Å². The Kier molecular flexibility index (Phi) is 8.73. The molecule has 188 valence electrons. The number of amides is 2. The fourth-order valence-corrected chi connectivity index (χ4v) is 3.76. The Morgan fingerprint density at radius 1 is 0.676 bits per heavy atom. The van der Waals surface area contributed by atoms with Gasteiger partial charge in [-0.25, -0.2) is 0 Å². The summed E-state index contributed by atoms with van der Waals surface area (Å²) in [6.07, 6.45) is 0.458. The number of hydrogen-bond acceptors (Lipinski definition) is 5. The molecule has 0 atom stereocenters. The first-order valence-electron chi connectivity index (χ1n) is 11.7. The summed E-state index contributed by atoms with van der Waals surface area (Å²) in [6, 6.07) is 27.6. The molecule has 4 aromatic rings. The first-order chi connectivity index (χ1) is 17.9. The number of anilines is 2. The highest BCUT2D eigenvalue weighted by molar-refractivity contribution is 6.30. The second-order valence-electron chi connectivity index (χ2n) is 8.26. The largest absolute Gasteiger partial charge is 0.457 e. The monoisotopic (exact) mass is 516 g/mol. The summed E-state index contributed by atoms with van der Waals surface area (Å²) in [4.78, 5) is 36.0. The van der Waals surface area contributed by atoms with E-state index in [1.807, 2.05) is 42.5 Å². The average Bonchev–Trinajstić information content (AvgIpc) is 2.88. The summed E-state index contributed by atoms with van der Waals surface area (Å²) in [5.41, 5.74) is 1.13. The zero-order valence-electron chi connectivity index (χ0n) is 19.9. The van der Waals surface area contributed by atoms with Gasteiger partial charge in [0, 0.05) is 29.2 Å². The Bertz CT molecular complexity index is 1410. The Labute approximate surface area is 219 Å². The van der Waals surface area contributed by atoms with E-state index >= 15 is 0 Å². The zero-order valence-corrected chi connectivity index (χ0v) is 20.7. The van der Waals surface area contributed by atoms with E-state index in [-0.39, 0.29) is 18.7 Å². The Hall–Kier alpha value is -4.36. The minimum Gasteiger partial charge on any atom is -0.457 e. The first-order valence-corrected chi connectivity index (χ1v) is 12.1. The van der Waals surface area contributed by atoms with E-state index < -0.39 is 18.5 Å². The quantitative estimate of drug-likeness (QED) is 0.232. The van der Waals surface area contributed by atoms with Crippen molar-refractivity contribution in [1.82, 2.24) is 0 Å². The normalized spacial score (nSPS) is 10.5. The van der Waals surface area contributed by atoms with E-state index in [1.165, 1.54) is 0 Å². The van der Waals surface area contributed by atoms with Crippen molar-refractivity contribution in [3.8, 4) is 11.5 Å². The first kappa shape index (κ1) is 25.7. The van der Waals surface area contributed by atoms with Crippen molar-refractivity contribution in [3.63, 3.8) is 0 Å². The minimum atomic E-state index is -0.552. The van der Waals surface area contributed by atoms with E-state index in [4.69, 9.17) is 21.1 Å². The fourth-order valence-electron chi connectivity index (χ4n) is 3.57. The zero-order chi connectivity index (χ0) is 26.0.